The highest BCUT2D eigenvalue weighted by molar-refractivity contribution is 7.10. The predicted molar refractivity (Wildman–Crippen MR) is 77.5 cm³/mol. The molecule has 98 valence electrons. The lowest BCUT2D eigenvalue weighted by Crippen LogP contribution is -2.20. The Hall–Kier alpha value is -0.840. The molecule has 2 rings (SSSR count). The van der Waals surface area contributed by atoms with Gasteiger partial charge in [-0.15, -0.1) is 11.3 Å². The van der Waals surface area contributed by atoms with E-state index in [2.05, 4.69) is 28.8 Å². The Morgan fingerprint density at radius 3 is 2.67 bits per heavy atom. The summed E-state index contributed by atoms with van der Waals surface area (Å²) in [5, 5.41) is 10.6. The summed E-state index contributed by atoms with van der Waals surface area (Å²) in [6.45, 7) is 4.09. The van der Waals surface area contributed by atoms with Gasteiger partial charge >= 0.3 is 0 Å². The third-order valence-corrected chi connectivity index (χ3v) is 4.85. The van der Waals surface area contributed by atoms with Crippen molar-refractivity contribution in [2.45, 2.75) is 26.3 Å². The maximum absolute atomic E-state index is 6.31. The summed E-state index contributed by atoms with van der Waals surface area (Å²) in [4.78, 5) is 1.37. The molecule has 1 unspecified atom stereocenters. The molecule has 1 atom stereocenters. The molecule has 0 aliphatic heterocycles. The Bertz CT molecular complexity index is 544. The average Bonchev–Trinajstić information content (AvgIpc) is 2.84. The van der Waals surface area contributed by atoms with Crippen LogP contribution in [0.3, 0.4) is 0 Å². The Kier molecular flexibility index (Phi) is 4.10. The van der Waals surface area contributed by atoms with Crippen LogP contribution in [0.25, 0.3) is 0 Å². The minimum Gasteiger partial charge on any atom is -0.312 e. The van der Waals surface area contributed by atoms with Gasteiger partial charge in [0.05, 0.1) is 16.4 Å². The van der Waals surface area contributed by atoms with Gasteiger partial charge in [-0.2, -0.15) is 5.10 Å². The molecular formula is C13H18ClN3S. The van der Waals surface area contributed by atoms with E-state index in [1.165, 1.54) is 10.4 Å². The van der Waals surface area contributed by atoms with Crippen molar-refractivity contribution < 1.29 is 0 Å². The fourth-order valence-corrected chi connectivity index (χ4v) is 3.44. The van der Waals surface area contributed by atoms with Gasteiger partial charge < -0.3 is 5.32 Å². The number of thiophene rings is 1. The second-order valence-corrected chi connectivity index (χ2v) is 5.81. The summed E-state index contributed by atoms with van der Waals surface area (Å²) >= 11 is 8.09. The maximum Gasteiger partial charge on any atom is 0.0847 e. The van der Waals surface area contributed by atoms with Crippen molar-refractivity contribution in [1.29, 1.82) is 0 Å². The quantitative estimate of drug-likeness (QED) is 0.933. The molecule has 2 aromatic heterocycles. The minimum atomic E-state index is 0.289. The van der Waals surface area contributed by atoms with Gasteiger partial charge in [0.15, 0.2) is 0 Å². The lowest BCUT2D eigenvalue weighted by atomic mass is 10.1. The molecule has 0 radical (unpaired) electrons. The summed E-state index contributed by atoms with van der Waals surface area (Å²) in [5.74, 6) is 0. The van der Waals surface area contributed by atoms with Gasteiger partial charge in [-0.05, 0) is 37.9 Å². The molecule has 0 bridgehead atoms. The van der Waals surface area contributed by atoms with Gasteiger partial charge in [0.2, 0.25) is 0 Å². The van der Waals surface area contributed by atoms with E-state index < -0.39 is 0 Å². The summed E-state index contributed by atoms with van der Waals surface area (Å²) in [7, 11) is 3.93. The Morgan fingerprint density at radius 2 is 2.22 bits per heavy atom. The third kappa shape index (κ3) is 2.46. The van der Waals surface area contributed by atoms with E-state index in [-0.39, 0.29) is 6.04 Å². The Labute approximate surface area is 117 Å². The third-order valence-electron chi connectivity index (χ3n) is 3.23. The van der Waals surface area contributed by atoms with E-state index in [1.807, 2.05) is 25.7 Å². The SMILES string of the molecule is CNC(Cc1c(Cl)c(C)nn1C)c1sccc1C. The molecule has 2 aromatic rings. The zero-order valence-electron chi connectivity index (χ0n) is 11.1. The van der Waals surface area contributed by atoms with Crippen molar-refractivity contribution in [3.8, 4) is 0 Å². The molecule has 0 fully saturated rings. The first-order valence-electron chi connectivity index (χ1n) is 5.93. The van der Waals surface area contributed by atoms with Crippen LogP contribution in [0.5, 0.6) is 0 Å². The van der Waals surface area contributed by atoms with Crippen LogP contribution in [-0.2, 0) is 13.5 Å². The normalized spacial score (nSPS) is 12.9. The molecule has 0 amide bonds. The molecular weight excluding hydrogens is 266 g/mol. The molecule has 0 aliphatic rings. The van der Waals surface area contributed by atoms with E-state index >= 15 is 0 Å². The van der Waals surface area contributed by atoms with Crippen LogP contribution >= 0.6 is 22.9 Å². The van der Waals surface area contributed by atoms with Crippen LogP contribution in [0, 0.1) is 13.8 Å². The smallest absolute Gasteiger partial charge is 0.0847 e. The summed E-state index contributed by atoms with van der Waals surface area (Å²) in [6.07, 6.45) is 0.855. The van der Waals surface area contributed by atoms with E-state index in [0.717, 1.165) is 22.8 Å². The van der Waals surface area contributed by atoms with Gasteiger partial charge in [-0.3, -0.25) is 4.68 Å². The number of hydrogen-bond donors (Lipinski definition) is 1. The molecule has 0 aromatic carbocycles. The summed E-state index contributed by atoms with van der Waals surface area (Å²) in [5.41, 5.74) is 3.31. The number of nitrogens with zero attached hydrogens (tertiary/aromatic N) is 2. The van der Waals surface area contributed by atoms with Crippen LogP contribution in [0.15, 0.2) is 11.4 Å². The second-order valence-electron chi connectivity index (χ2n) is 4.48. The van der Waals surface area contributed by atoms with Crippen LogP contribution in [-0.4, -0.2) is 16.8 Å². The van der Waals surface area contributed by atoms with Crippen molar-refractivity contribution in [1.82, 2.24) is 15.1 Å². The fraction of sp³-hybridized carbons (Fsp3) is 0.462. The van der Waals surface area contributed by atoms with Crippen molar-refractivity contribution in [2.75, 3.05) is 7.05 Å². The Morgan fingerprint density at radius 1 is 1.50 bits per heavy atom. The number of aromatic nitrogens is 2. The lowest BCUT2D eigenvalue weighted by molar-refractivity contribution is 0.567. The molecule has 5 heteroatoms. The van der Waals surface area contributed by atoms with Crippen LogP contribution in [0.1, 0.15) is 27.9 Å². The predicted octanol–water partition coefficient (Wildman–Crippen LogP) is 3.26. The van der Waals surface area contributed by atoms with E-state index in [4.69, 9.17) is 11.6 Å². The highest BCUT2D eigenvalue weighted by Gasteiger charge is 2.19. The van der Waals surface area contributed by atoms with Gasteiger partial charge in [-0.1, -0.05) is 11.6 Å². The molecule has 0 saturated heterocycles. The van der Waals surface area contributed by atoms with Gasteiger partial charge in [0.1, 0.15) is 0 Å². The lowest BCUT2D eigenvalue weighted by Gasteiger charge is -2.16. The Balaban J connectivity index is 2.29. The van der Waals surface area contributed by atoms with Crippen LogP contribution in [0.4, 0.5) is 0 Å². The van der Waals surface area contributed by atoms with E-state index in [9.17, 15) is 0 Å². The van der Waals surface area contributed by atoms with Crippen molar-refractivity contribution in [3.63, 3.8) is 0 Å². The number of likely N-dealkylation sites (N-methyl/N-ethyl adjacent to an activating group) is 1. The number of nitrogens with one attached hydrogen (secondary N) is 1. The molecule has 0 saturated carbocycles. The highest BCUT2D eigenvalue weighted by atomic mass is 35.5. The monoisotopic (exact) mass is 283 g/mol. The van der Waals surface area contributed by atoms with E-state index in [1.54, 1.807) is 11.3 Å². The highest BCUT2D eigenvalue weighted by Crippen LogP contribution is 2.29. The number of hydrogen-bond acceptors (Lipinski definition) is 3. The number of halogens is 1. The molecule has 2 heterocycles. The molecule has 18 heavy (non-hydrogen) atoms. The zero-order valence-corrected chi connectivity index (χ0v) is 12.7. The number of aryl methyl sites for hydroxylation is 3. The van der Waals surface area contributed by atoms with Crippen molar-refractivity contribution in [3.05, 3.63) is 38.3 Å². The summed E-state index contributed by atoms with van der Waals surface area (Å²) in [6, 6.07) is 2.44. The van der Waals surface area contributed by atoms with Gasteiger partial charge in [0, 0.05) is 24.4 Å². The van der Waals surface area contributed by atoms with Crippen LogP contribution < -0.4 is 5.32 Å². The first-order chi connectivity index (χ1) is 8.54. The van der Waals surface area contributed by atoms with E-state index in [0.29, 0.717) is 0 Å². The van der Waals surface area contributed by atoms with Crippen molar-refractivity contribution >= 4 is 22.9 Å². The van der Waals surface area contributed by atoms with Crippen LogP contribution in [0.2, 0.25) is 5.02 Å². The molecule has 0 spiro atoms. The summed E-state index contributed by atoms with van der Waals surface area (Å²) < 4.78 is 1.88. The van der Waals surface area contributed by atoms with Gasteiger partial charge in [0.25, 0.3) is 0 Å². The zero-order chi connectivity index (χ0) is 13.3. The second kappa shape index (κ2) is 5.43. The first-order valence-corrected chi connectivity index (χ1v) is 7.19. The molecule has 0 aliphatic carbocycles. The molecule has 1 N–H and O–H groups in total. The van der Waals surface area contributed by atoms with Crippen molar-refractivity contribution in [2.24, 2.45) is 7.05 Å². The number of rotatable bonds is 4. The topological polar surface area (TPSA) is 29.9 Å². The average molecular weight is 284 g/mol. The first kappa shape index (κ1) is 13.6. The maximum atomic E-state index is 6.31. The fourth-order valence-electron chi connectivity index (χ4n) is 2.16. The largest absolute Gasteiger partial charge is 0.312 e. The molecule has 3 nitrogen and oxygen atoms in total. The van der Waals surface area contributed by atoms with Gasteiger partial charge in [-0.25, -0.2) is 0 Å². The minimum absolute atomic E-state index is 0.289. The standard InChI is InChI=1S/C13H18ClN3S/c1-8-5-6-18-13(8)10(15-3)7-11-12(14)9(2)16-17(11)4/h5-6,10,15H,7H2,1-4H3.